The van der Waals surface area contributed by atoms with E-state index in [0.29, 0.717) is 11.4 Å². The molecule has 0 saturated heterocycles. The van der Waals surface area contributed by atoms with Gasteiger partial charge in [0, 0.05) is 11.4 Å². The van der Waals surface area contributed by atoms with Crippen molar-refractivity contribution in [3.8, 4) is 0 Å². The first-order chi connectivity index (χ1) is 8.13. The molecule has 1 aromatic rings. The maximum absolute atomic E-state index is 11.4. The fourth-order valence-electron chi connectivity index (χ4n) is 1.16. The Labute approximate surface area is 103 Å². The predicted molar refractivity (Wildman–Crippen MR) is 66.4 cm³/mol. The second-order valence-corrected chi connectivity index (χ2v) is 4.32. The minimum atomic E-state index is -1.03. The third-order valence-electron chi connectivity index (χ3n) is 1.86. The number of hydrogen-bond donors (Lipinski definition) is 3. The molecule has 17 heavy (non-hydrogen) atoms. The molecule has 5 nitrogen and oxygen atoms in total. The molecule has 6 heteroatoms. The third kappa shape index (κ3) is 4.88. The predicted octanol–water partition coefficient (Wildman–Crippen LogP) is 1.05. The summed E-state index contributed by atoms with van der Waals surface area (Å²) in [6.07, 6.45) is 0. The molecule has 0 bridgehead atoms. The normalized spacial score (nSPS) is 9.94. The van der Waals surface area contributed by atoms with E-state index in [2.05, 4.69) is 5.32 Å². The van der Waals surface area contributed by atoms with Gasteiger partial charge < -0.3 is 15.5 Å². The number of anilines is 1. The molecule has 0 spiro atoms. The van der Waals surface area contributed by atoms with E-state index < -0.39 is 5.97 Å². The summed E-state index contributed by atoms with van der Waals surface area (Å²) in [6.45, 7) is 0.0342. The molecule has 0 aliphatic heterocycles. The van der Waals surface area contributed by atoms with E-state index in [9.17, 15) is 9.59 Å². The molecular weight excluding hydrogens is 242 g/mol. The van der Waals surface area contributed by atoms with Gasteiger partial charge in [-0.1, -0.05) is 6.07 Å². The first kappa shape index (κ1) is 13.5. The molecular formula is C11H13NO4S. The number of carboxylic acids is 1. The average Bonchev–Trinajstić information content (AvgIpc) is 2.29. The second kappa shape index (κ2) is 6.93. The molecule has 1 rings (SSSR count). The van der Waals surface area contributed by atoms with Crippen molar-refractivity contribution in [3.05, 3.63) is 29.8 Å². The zero-order chi connectivity index (χ0) is 12.7. The van der Waals surface area contributed by atoms with E-state index in [-0.39, 0.29) is 23.8 Å². The first-order valence-electron chi connectivity index (χ1n) is 4.95. The molecule has 0 aromatic heterocycles. The van der Waals surface area contributed by atoms with Crippen LogP contribution in [-0.4, -0.2) is 40.2 Å². The van der Waals surface area contributed by atoms with Crippen molar-refractivity contribution in [2.75, 3.05) is 23.4 Å². The maximum atomic E-state index is 11.4. The van der Waals surface area contributed by atoms with E-state index >= 15 is 0 Å². The first-order valence-corrected chi connectivity index (χ1v) is 6.11. The van der Waals surface area contributed by atoms with Crippen LogP contribution in [0.1, 0.15) is 10.4 Å². The number of benzene rings is 1. The number of hydrogen-bond acceptors (Lipinski definition) is 4. The van der Waals surface area contributed by atoms with Gasteiger partial charge in [-0.25, -0.2) is 4.79 Å². The molecule has 0 unspecified atom stereocenters. The molecule has 0 aliphatic rings. The SMILES string of the molecule is O=C(CSCCO)Nc1cccc(C(=O)O)c1. The average molecular weight is 255 g/mol. The lowest BCUT2D eigenvalue weighted by Gasteiger charge is -2.05. The highest BCUT2D eigenvalue weighted by molar-refractivity contribution is 7.99. The van der Waals surface area contributed by atoms with Gasteiger partial charge >= 0.3 is 5.97 Å². The Morgan fingerprint density at radius 2 is 2.12 bits per heavy atom. The largest absolute Gasteiger partial charge is 0.478 e. The lowest BCUT2D eigenvalue weighted by atomic mass is 10.2. The summed E-state index contributed by atoms with van der Waals surface area (Å²) in [5.74, 6) is -0.512. The van der Waals surface area contributed by atoms with Gasteiger partial charge in [0.15, 0.2) is 0 Å². The molecule has 0 radical (unpaired) electrons. The fourth-order valence-corrected chi connectivity index (χ4v) is 1.69. The van der Waals surface area contributed by atoms with E-state index in [4.69, 9.17) is 10.2 Å². The van der Waals surface area contributed by atoms with Crippen LogP contribution >= 0.6 is 11.8 Å². The minimum Gasteiger partial charge on any atom is -0.478 e. The highest BCUT2D eigenvalue weighted by Gasteiger charge is 2.06. The Hall–Kier alpha value is -1.53. The minimum absolute atomic E-state index is 0.0342. The summed E-state index contributed by atoms with van der Waals surface area (Å²) in [7, 11) is 0. The number of aliphatic hydroxyl groups is 1. The Balaban J connectivity index is 2.53. The molecule has 3 N–H and O–H groups in total. The fraction of sp³-hybridized carbons (Fsp3) is 0.273. The van der Waals surface area contributed by atoms with Crippen LogP contribution in [0.5, 0.6) is 0 Å². The van der Waals surface area contributed by atoms with Gasteiger partial charge in [0.2, 0.25) is 5.91 Å². The van der Waals surface area contributed by atoms with Crippen LogP contribution in [0, 0.1) is 0 Å². The van der Waals surface area contributed by atoms with Crippen LogP contribution in [0.2, 0.25) is 0 Å². The summed E-state index contributed by atoms with van der Waals surface area (Å²) in [5.41, 5.74) is 0.588. The van der Waals surface area contributed by atoms with Gasteiger partial charge in [-0.3, -0.25) is 4.79 Å². The molecule has 92 valence electrons. The Morgan fingerprint density at radius 3 is 2.76 bits per heavy atom. The zero-order valence-corrected chi connectivity index (χ0v) is 9.87. The van der Waals surface area contributed by atoms with Crippen molar-refractivity contribution < 1.29 is 19.8 Å². The number of rotatable bonds is 6. The van der Waals surface area contributed by atoms with Gasteiger partial charge in [0.25, 0.3) is 0 Å². The topological polar surface area (TPSA) is 86.6 Å². The summed E-state index contributed by atoms with van der Waals surface area (Å²) in [6, 6.07) is 6.05. The number of thioether (sulfide) groups is 1. The Bertz CT molecular complexity index is 408. The van der Waals surface area contributed by atoms with Crippen molar-refractivity contribution in [1.82, 2.24) is 0 Å². The van der Waals surface area contributed by atoms with E-state index in [1.54, 1.807) is 12.1 Å². The standard InChI is InChI=1S/C11H13NO4S/c13-4-5-17-7-10(14)12-9-3-1-2-8(6-9)11(15)16/h1-3,6,13H,4-5,7H2,(H,12,14)(H,15,16). The van der Waals surface area contributed by atoms with Gasteiger partial charge in [-0.2, -0.15) is 0 Å². The quantitative estimate of drug-likeness (QED) is 0.661. The third-order valence-corrected chi connectivity index (χ3v) is 2.80. The number of amides is 1. The van der Waals surface area contributed by atoms with Crippen LogP contribution in [0.3, 0.4) is 0 Å². The van der Waals surface area contributed by atoms with E-state index in [0.717, 1.165) is 0 Å². The lowest BCUT2D eigenvalue weighted by Crippen LogP contribution is -2.15. The lowest BCUT2D eigenvalue weighted by molar-refractivity contribution is -0.113. The Morgan fingerprint density at radius 1 is 1.35 bits per heavy atom. The van der Waals surface area contributed by atoms with E-state index in [1.165, 1.54) is 23.9 Å². The smallest absolute Gasteiger partial charge is 0.335 e. The number of aliphatic hydroxyl groups excluding tert-OH is 1. The molecule has 0 saturated carbocycles. The summed E-state index contributed by atoms with van der Waals surface area (Å²) in [5, 5.41) is 19.9. The van der Waals surface area contributed by atoms with Gasteiger partial charge in [-0.15, -0.1) is 11.8 Å². The van der Waals surface area contributed by atoms with Gasteiger partial charge in [0.05, 0.1) is 17.9 Å². The summed E-state index contributed by atoms with van der Waals surface area (Å²) >= 11 is 1.31. The molecule has 0 atom stereocenters. The number of carbonyl (C=O) groups is 2. The maximum Gasteiger partial charge on any atom is 0.335 e. The van der Waals surface area contributed by atoms with E-state index in [1.807, 2.05) is 0 Å². The van der Waals surface area contributed by atoms with Crippen molar-refractivity contribution in [3.63, 3.8) is 0 Å². The highest BCUT2D eigenvalue weighted by atomic mass is 32.2. The van der Waals surface area contributed by atoms with Crippen LogP contribution in [0.25, 0.3) is 0 Å². The molecule has 0 fully saturated rings. The monoisotopic (exact) mass is 255 g/mol. The Kier molecular flexibility index (Phi) is 5.51. The second-order valence-electron chi connectivity index (χ2n) is 3.21. The van der Waals surface area contributed by atoms with Crippen LogP contribution < -0.4 is 5.32 Å². The van der Waals surface area contributed by atoms with Crippen LogP contribution in [0.15, 0.2) is 24.3 Å². The molecule has 0 aliphatic carbocycles. The van der Waals surface area contributed by atoms with Crippen LogP contribution in [0.4, 0.5) is 5.69 Å². The van der Waals surface area contributed by atoms with Crippen LogP contribution in [-0.2, 0) is 4.79 Å². The number of aromatic carboxylic acids is 1. The molecule has 0 heterocycles. The molecule has 1 amide bonds. The number of carbonyl (C=O) groups excluding carboxylic acids is 1. The highest BCUT2D eigenvalue weighted by Crippen LogP contribution is 2.11. The number of nitrogens with one attached hydrogen (secondary N) is 1. The van der Waals surface area contributed by atoms with Crippen molar-refractivity contribution in [2.45, 2.75) is 0 Å². The van der Waals surface area contributed by atoms with Crippen molar-refractivity contribution in [1.29, 1.82) is 0 Å². The zero-order valence-electron chi connectivity index (χ0n) is 9.05. The number of carboxylic acid groups (broad SMARTS) is 1. The molecule has 1 aromatic carbocycles. The summed E-state index contributed by atoms with van der Waals surface area (Å²) in [4.78, 5) is 22.1. The summed E-state index contributed by atoms with van der Waals surface area (Å²) < 4.78 is 0. The van der Waals surface area contributed by atoms with Gasteiger partial charge in [-0.05, 0) is 18.2 Å². The van der Waals surface area contributed by atoms with Crippen molar-refractivity contribution in [2.24, 2.45) is 0 Å². The van der Waals surface area contributed by atoms with Crippen molar-refractivity contribution >= 4 is 29.3 Å². The van der Waals surface area contributed by atoms with Gasteiger partial charge in [0.1, 0.15) is 0 Å².